The van der Waals surface area contributed by atoms with Gasteiger partial charge in [-0.1, -0.05) is 6.42 Å². The van der Waals surface area contributed by atoms with Crippen molar-refractivity contribution in [2.24, 2.45) is 5.92 Å². The topological polar surface area (TPSA) is 52.7 Å². The number of nitrogens with zero attached hydrogens (tertiary/aromatic N) is 2. The summed E-state index contributed by atoms with van der Waals surface area (Å²) in [5.41, 5.74) is 1.72. The molecule has 5 nitrogen and oxygen atoms in total. The fourth-order valence-electron chi connectivity index (χ4n) is 4.17. The molecule has 1 aliphatic heterocycles. The Kier molecular flexibility index (Phi) is 6.82. The fraction of sp³-hybridized carbons (Fsp3) is 0.619. The summed E-state index contributed by atoms with van der Waals surface area (Å²) in [6.07, 6.45) is -2.93. The van der Waals surface area contributed by atoms with Crippen molar-refractivity contribution in [1.29, 1.82) is 0 Å². The van der Waals surface area contributed by atoms with Gasteiger partial charge in [-0.25, -0.2) is 0 Å². The summed E-state index contributed by atoms with van der Waals surface area (Å²) in [5, 5.41) is 2.80. The van der Waals surface area contributed by atoms with Crippen LogP contribution in [-0.4, -0.2) is 61.5 Å². The molecule has 2 atom stereocenters. The molecule has 1 aromatic rings. The Hall–Kier alpha value is -2.09. The molecule has 160 valence electrons. The molecule has 29 heavy (non-hydrogen) atoms. The third-order valence-corrected chi connectivity index (χ3v) is 5.88. The lowest BCUT2D eigenvalue weighted by Gasteiger charge is -2.36. The van der Waals surface area contributed by atoms with Gasteiger partial charge in [-0.15, -0.1) is 0 Å². The van der Waals surface area contributed by atoms with Crippen LogP contribution in [0.2, 0.25) is 0 Å². The maximum Gasteiger partial charge on any atom is 0.391 e. The number of rotatable bonds is 5. The number of hydrogen-bond donors (Lipinski definition) is 1. The van der Waals surface area contributed by atoms with Crippen LogP contribution in [0.3, 0.4) is 0 Å². The average Bonchev–Trinajstić information content (AvgIpc) is 2.68. The van der Waals surface area contributed by atoms with Crippen molar-refractivity contribution in [3.8, 4) is 0 Å². The number of benzene rings is 1. The Morgan fingerprint density at radius 3 is 2.31 bits per heavy atom. The minimum Gasteiger partial charge on any atom is -0.369 e. The molecule has 0 radical (unpaired) electrons. The number of carbonyl (C=O) groups excluding carboxylic acids is 2. The van der Waals surface area contributed by atoms with Gasteiger partial charge in [0.25, 0.3) is 0 Å². The number of hydrogen-bond acceptors (Lipinski definition) is 4. The Labute approximate surface area is 169 Å². The van der Waals surface area contributed by atoms with Crippen LogP contribution in [0.5, 0.6) is 0 Å². The van der Waals surface area contributed by atoms with E-state index in [2.05, 4.69) is 10.2 Å². The molecule has 8 heteroatoms. The summed E-state index contributed by atoms with van der Waals surface area (Å²) in [6, 6.07) is 7.11. The number of Topliss-reactive ketones (excluding diaryl/α,β-unsaturated/α-hetero) is 1. The summed E-state index contributed by atoms with van der Waals surface area (Å²) in [7, 11) is 0. The number of piperazine rings is 1. The standard InChI is InChI=1S/C21H28F3N3O2/c1-15(28)16-5-7-19(8-6-16)27-11-9-26(10-12-27)14-20(29)25-18-4-2-3-17(13-18)21(22,23)24/h5-8,17-18H,2-4,9-14H2,1H3,(H,25,29)/t17-,18+/m1/s1. The van der Waals surface area contributed by atoms with Gasteiger partial charge in [-0.3, -0.25) is 14.5 Å². The van der Waals surface area contributed by atoms with E-state index in [0.29, 0.717) is 31.5 Å². The van der Waals surface area contributed by atoms with Crippen LogP contribution in [0.25, 0.3) is 0 Å². The molecule has 0 unspecified atom stereocenters. The van der Waals surface area contributed by atoms with E-state index < -0.39 is 12.1 Å². The molecule has 0 spiro atoms. The minimum absolute atomic E-state index is 0.0146. The van der Waals surface area contributed by atoms with Crippen molar-refractivity contribution in [2.45, 2.75) is 44.8 Å². The van der Waals surface area contributed by atoms with Gasteiger partial charge in [0.2, 0.25) is 5.91 Å². The summed E-state index contributed by atoms with van der Waals surface area (Å²) in [6.45, 7) is 4.67. The molecule has 1 heterocycles. The first kappa shape index (κ1) is 21.6. The highest BCUT2D eigenvalue weighted by atomic mass is 19.4. The highest BCUT2D eigenvalue weighted by Crippen LogP contribution is 2.37. The minimum atomic E-state index is -4.18. The van der Waals surface area contributed by atoms with Gasteiger partial charge < -0.3 is 10.2 Å². The van der Waals surface area contributed by atoms with Crippen LogP contribution in [0.4, 0.5) is 18.9 Å². The third-order valence-electron chi connectivity index (χ3n) is 5.88. The predicted octanol–water partition coefficient (Wildman–Crippen LogP) is 3.25. The number of ketones is 1. The Balaban J connectivity index is 1.43. The molecule has 0 bridgehead atoms. The van der Waals surface area contributed by atoms with E-state index in [1.165, 1.54) is 6.92 Å². The van der Waals surface area contributed by atoms with E-state index >= 15 is 0 Å². The summed E-state index contributed by atoms with van der Waals surface area (Å²) < 4.78 is 38.8. The van der Waals surface area contributed by atoms with Gasteiger partial charge in [0.05, 0.1) is 12.5 Å². The number of nitrogens with one attached hydrogen (secondary N) is 1. The lowest BCUT2D eigenvalue weighted by Crippen LogP contribution is -2.51. The molecule has 1 saturated heterocycles. The lowest BCUT2D eigenvalue weighted by atomic mass is 9.85. The van der Waals surface area contributed by atoms with E-state index in [4.69, 9.17) is 0 Å². The molecule has 2 aliphatic rings. The second kappa shape index (κ2) is 9.15. The molecule has 1 saturated carbocycles. The summed E-state index contributed by atoms with van der Waals surface area (Å²) >= 11 is 0. The van der Waals surface area contributed by atoms with Crippen LogP contribution < -0.4 is 10.2 Å². The molecule has 1 amide bonds. The number of amides is 1. The van der Waals surface area contributed by atoms with E-state index in [1.807, 2.05) is 29.2 Å². The van der Waals surface area contributed by atoms with Crippen LogP contribution in [0.15, 0.2) is 24.3 Å². The Bertz CT molecular complexity index is 713. The van der Waals surface area contributed by atoms with Crippen LogP contribution in [0, 0.1) is 5.92 Å². The quantitative estimate of drug-likeness (QED) is 0.756. The van der Waals surface area contributed by atoms with Crippen LogP contribution in [0.1, 0.15) is 43.0 Å². The average molecular weight is 411 g/mol. The smallest absolute Gasteiger partial charge is 0.369 e. The predicted molar refractivity (Wildman–Crippen MR) is 105 cm³/mol. The number of alkyl halides is 3. The van der Waals surface area contributed by atoms with Gasteiger partial charge in [-0.2, -0.15) is 13.2 Å². The fourth-order valence-corrected chi connectivity index (χ4v) is 4.17. The second-order valence-corrected chi connectivity index (χ2v) is 8.04. The molecular formula is C21H28F3N3O2. The third kappa shape index (κ3) is 5.95. The van der Waals surface area contributed by atoms with Crippen LogP contribution >= 0.6 is 0 Å². The number of halogens is 3. The van der Waals surface area contributed by atoms with Crippen molar-refractivity contribution in [1.82, 2.24) is 10.2 Å². The molecule has 3 rings (SSSR count). The van der Waals surface area contributed by atoms with Gasteiger partial charge in [0, 0.05) is 43.5 Å². The maximum absolute atomic E-state index is 12.9. The van der Waals surface area contributed by atoms with E-state index in [1.54, 1.807) is 0 Å². The van der Waals surface area contributed by atoms with E-state index in [-0.39, 0.29) is 37.1 Å². The molecule has 1 N–H and O–H groups in total. The zero-order chi connectivity index (χ0) is 21.0. The zero-order valence-corrected chi connectivity index (χ0v) is 16.7. The summed E-state index contributed by atoms with van der Waals surface area (Å²) in [5.74, 6) is -1.47. The Morgan fingerprint density at radius 2 is 1.72 bits per heavy atom. The van der Waals surface area contributed by atoms with Gasteiger partial charge >= 0.3 is 6.18 Å². The van der Waals surface area contributed by atoms with Crippen molar-refractivity contribution in [3.63, 3.8) is 0 Å². The highest BCUT2D eigenvalue weighted by molar-refractivity contribution is 5.94. The van der Waals surface area contributed by atoms with Gasteiger partial charge in [0.15, 0.2) is 5.78 Å². The first-order valence-electron chi connectivity index (χ1n) is 10.2. The molecule has 1 aliphatic carbocycles. The van der Waals surface area contributed by atoms with Crippen molar-refractivity contribution in [2.75, 3.05) is 37.6 Å². The largest absolute Gasteiger partial charge is 0.391 e. The van der Waals surface area contributed by atoms with Crippen molar-refractivity contribution >= 4 is 17.4 Å². The second-order valence-electron chi connectivity index (χ2n) is 8.04. The molecular weight excluding hydrogens is 383 g/mol. The monoisotopic (exact) mass is 411 g/mol. The lowest BCUT2D eigenvalue weighted by molar-refractivity contribution is -0.184. The SMILES string of the molecule is CC(=O)c1ccc(N2CCN(CC(=O)N[C@H]3CCC[C@@H](C(F)(F)F)C3)CC2)cc1. The molecule has 0 aromatic heterocycles. The normalized spacial score (nSPS) is 23.7. The number of carbonyl (C=O) groups is 2. The van der Waals surface area contributed by atoms with Gasteiger partial charge in [0.1, 0.15) is 0 Å². The van der Waals surface area contributed by atoms with E-state index in [0.717, 1.165) is 18.8 Å². The summed E-state index contributed by atoms with van der Waals surface area (Å²) in [4.78, 5) is 27.9. The van der Waals surface area contributed by atoms with Gasteiger partial charge in [-0.05, 0) is 50.5 Å². The van der Waals surface area contributed by atoms with Crippen molar-refractivity contribution < 1.29 is 22.8 Å². The molecule has 2 fully saturated rings. The maximum atomic E-state index is 12.9. The zero-order valence-electron chi connectivity index (χ0n) is 16.7. The first-order valence-corrected chi connectivity index (χ1v) is 10.2. The highest BCUT2D eigenvalue weighted by Gasteiger charge is 2.42. The van der Waals surface area contributed by atoms with Crippen molar-refractivity contribution in [3.05, 3.63) is 29.8 Å². The Morgan fingerprint density at radius 1 is 1.07 bits per heavy atom. The molecule has 1 aromatic carbocycles. The first-order chi connectivity index (χ1) is 13.7. The van der Waals surface area contributed by atoms with E-state index in [9.17, 15) is 22.8 Å². The van der Waals surface area contributed by atoms with Crippen LogP contribution in [-0.2, 0) is 4.79 Å². The number of anilines is 1.